The molecular formula is C64H113NO10. The number of ether oxygens (including phenoxy) is 3. The molecule has 434 valence electrons. The van der Waals surface area contributed by atoms with Gasteiger partial charge >= 0.3 is 5.97 Å². The van der Waals surface area contributed by atoms with E-state index in [1.807, 2.05) is 6.08 Å². The predicted octanol–water partition coefficient (Wildman–Crippen LogP) is 14.4. The minimum absolute atomic E-state index is 0.0144. The van der Waals surface area contributed by atoms with Crippen molar-refractivity contribution in [2.24, 2.45) is 0 Å². The molecule has 11 heteroatoms. The molecule has 0 bridgehead atoms. The van der Waals surface area contributed by atoms with Crippen LogP contribution in [0.15, 0.2) is 72.9 Å². The number of aliphatic hydroxyl groups excluding tert-OH is 5. The average molecular weight is 1060 g/mol. The van der Waals surface area contributed by atoms with E-state index in [4.69, 9.17) is 14.2 Å². The summed E-state index contributed by atoms with van der Waals surface area (Å²) >= 11 is 0. The van der Waals surface area contributed by atoms with Gasteiger partial charge in [0.05, 0.1) is 32.0 Å². The van der Waals surface area contributed by atoms with Crippen molar-refractivity contribution in [1.82, 2.24) is 5.32 Å². The maximum absolute atomic E-state index is 13.0. The summed E-state index contributed by atoms with van der Waals surface area (Å²) in [5.74, 6) is -0.220. The monoisotopic (exact) mass is 1060 g/mol. The molecular weight excluding hydrogens is 943 g/mol. The van der Waals surface area contributed by atoms with E-state index in [9.17, 15) is 35.1 Å². The smallest absolute Gasteiger partial charge is 0.305 e. The summed E-state index contributed by atoms with van der Waals surface area (Å²) in [7, 11) is 0. The number of esters is 1. The van der Waals surface area contributed by atoms with Gasteiger partial charge in [-0.3, -0.25) is 9.59 Å². The summed E-state index contributed by atoms with van der Waals surface area (Å²) in [6.45, 7) is 4.19. The zero-order chi connectivity index (χ0) is 54.5. The van der Waals surface area contributed by atoms with E-state index in [0.29, 0.717) is 19.4 Å². The van der Waals surface area contributed by atoms with Crippen molar-refractivity contribution in [3.8, 4) is 0 Å². The zero-order valence-corrected chi connectivity index (χ0v) is 47.7. The van der Waals surface area contributed by atoms with Crippen LogP contribution < -0.4 is 5.32 Å². The zero-order valence-electron chi connectivity index (χ0n) is 47.7. The Morgan fingerprint density at radius 1 is 0.493 bits per heavy atom. The van der Waals surface area contributed by atoms with Gasteiger partial charge in [0.1, 0.15) is 24.4 Å². The molecule has 7 unspecified atom stereocenters. The van der Waals surface area contributed by atoms with E-state index in [-0.39, 0.29) is 18.5 Å². The highest BCUT2D eigenvalue weighted by Crippen LogP contribution is 2.23. The highest BCUT2D eigenvalue weighted by Gasteiger charge is 2.44. The van der Waals surface area contributed by atoms with Crippen LogP contribution in [0.1, 0.15) is 258 Å². The number of rotatable bonds is 52. The summed E-state index contributed by atoms with van der Waals surface area (Å²) in [6, 6.07) is -0.840. The first-order valence-electron chi connectivity index (χ1n) is 30.7. The molecule has 1 saturated heterocycles. The highest BCUT2D eigenvalue weighted by atomic mass is 16.7. The summed E-state index contributed by atoms with van der Waals surface area (Å²) in [5.41, 5.74) is 0. The lowest BCUT2D eigenvalue weighted by atomic mass is 9.99. The van der Waals surface area contributed by atoms with Crippen LogP contribution in [0.3, 0.4) is 0 Å². The number of hydrogen-bond donors (Lipinski definition) is 6. The number of aliphatic hydroxyl groups is 5. The molecule has 0 aromatic carbocycles. The molecule has 0 saturated carbocycles. The molecule has 1 aliphatic heterocycles. The second kappa shape index (κ2) is 53.1. The largest absolute Gasteiger partial charge is 0.466 e. The van der Waals surface area contributed by atoms with Crippen molar-refractivity contribution < 1.29 is 49.3 Å². The van der Waals surface area contributed by atoms with E-state index in [1.165, 1.54) is 128 Å². The number of nitrogens with one attached hydrogen (secondary N) is 1. The van der Waals surface area contributed by atoms with Gasteiger partial charge in [-0.25, -0.2) is 0 Å². The molecule has 1 fully saturated rings. The van der Waals surface area contributed by atoms with E-state index in [1.54, 1.807) is 6.08 Å². The third kappa shape index (κ3) is 42.8. The quantitative estimate of drug-likeness (QED) is 0.0195. The minimum Gasteiger partial charge on any atom is -0.466 e. The lowest BCUT2D eigenvalue weighted by Crippen LogP contribution is -2.60. The van der Waals surface area contributed by atoms with E-state index in [0.717, 1.165) is 103 Å². The first kappa shape index (κ1) is 70.1. The second-order valence-corrected chi connectivity index (χ2v) is 21.0. The van der Waals surface area contributed by atoms with Crippen molar-refractivity contribution in [2.75, 3.05) is 19.8 Å². The predicted molar refractivity (Wildman–Crippen MR) is 310 cm³/mol. The maximum Gasteiger partial charge on any atom is 0.305 e. The fourth-order valence-corrected chi connectivity index (χ4v) is 9.07. The van der Waals surface area contributed by atoms with Gasteiger partial charge < -0.3 is 45.1 Å². The molecule has 75 heavy (non-hydrogen) atoms. The van der Waals surface area contributed by atoms with Crippen molar-refractivity contribution in [3.05, 3.63) is 72.9 Å². The Labute approximate surface area is 458 Å². The lowest BCUT2D eigenvalue weighted by Gasteiger charge is -2.40. The SMILES string of the molecule is CCC/C=C/CC/C=C/CC/C=C/C(O)C(COC1OC(CO)C(O)C(O)C1O)NC(=O)CCCCCCCCCCC/C=C\C/C=C\CCCCCCCCCCCOC(=O)CCCCCCC/C=C\CCCC. The Morgan fingerprint density at radius 3 is 1.45 bits per heavy atom. The Bertz CT molecular complexity index is 1470. The number of allylic oxidation sites excluding steroid dienone is 11. The number of amides is 1. The van der Waals surface area contributed by atoms with Crippen molar-refractivity contribution in [2.45, 2.75) is 301 Å². The maximum atomic E-state index is 13.0. The van der Waals surface area contributed by atoms with Gasteiger partial charge in [-0.15, -0.1) is 0 Å². The van der Waals surface area contributed by atoms with Gasteiger partial charge in [-0.1, -0.05) is 215 Å². The molecule has 7 atom stereocenters. The third-order valence-corrected chi connectivity index (χ3v) is 14.0. The average Bonchev–Trinajstić information content (AvgIpc) is 3.41. The van der Waals surface area contributed by atoms with E-state index in [2.05, 4.69) is 79.9 Å². The Hall–Kier alpha value is -2.90. The summed E-state index contributed by atoms with van der Waals surface area (Å²) in [5, 5.41) is 54.2. The number of unbranched alkanes of at least 4 members (excludes halogenated alkanes) is 28. The third-order valence-electron chi connectivity index (χ3n) is 14.0. The van der Waals surface area contributed by atoms with Gasteiger partial charge in [0.25, 0.3) is 0 Å². The van der Waals surface area contributed by atoms with E-state index < -0.39 is 49.5 Å². The summed E-state index contributed by atoms with van der Waals surface area (Å²) < 4.78 is 16.7. The first-order chi connectivity index (χ1) is 36.7. The molecule has 1 rings (SSSR count). The van der Waals surface area contributed by atoms with Gasteiger partial charge in [0, 0.05) is 12.8 Å². The van der Waals surface area contributed by atoms with Crippen LogP contribution in [-0.4, -0.2) is 100 Å². The van der Waals surface area contributed by atoms with Gasteiger partial charge in [-0.2, -0.15) is 0 Å². The van der Waals surface area contributed by atoms with Crippen LogP contribution >= 0.6 is 0 Å². The molecule has 0 aliphatic carbocycles. The fraction of sp³-hybridized carbons (Fsp3) is 0.781. The fourth-order valence-electron chi connectivity index (χ4n) is 9.07. The second-order valence-electron chi connectivity index (χ2n) is 21.0. The Morgan fingerprint density at radius 2 is 0.933 bits per heavy atom. The van der Waals surface area contributed by atoms with Gasteiger partial charge in [-0.05, 0) is 103 Å². The minimum atomic E-state index is -1.58. The molecule has 0 aromatic heterocycles. The molecule has 1 heterocycles. The molecule has 11 nitrogen and oxygen atoms in total. The van der Waals surface area contributed by atoms with Crippen LogP contribution in [-0.2, 0) is 23.8 Å². The molecule has 0 aromatic rings. The van der Waals surface area contributed by atoms with Crippen molar-refractivity contribution >= 4 is 11.9 Å². The lowest BCUT2D eigenvalue weighted by molar-refractivity contribution is -0.302. The molecule has 0 radical (unpaired) electrons. The summed E-state index contributed by atoms with van der Waals surface area (Å²) in [6.07, 6.45) is 60.1. The van der Waals surface area contributed by atoms with Gasteiger partial charge in [0.15, 0.2) is 6.29 Å². The van der Waals surface area contributed by atoms with Crippen molar-refractivity contribution in [1.29, 1.82) is 0 Å². The van der Waals surface area contributed by atoms with Crippen LogP contribution in [0.5, 0.6) is 0 Å². The molecule has 1 aliphatic rings. The topological polar surface area (TPSA) is 175 Å². The van der Waals surface area contributed by atoms with Crippen LogP contribution in [0.4, 0.5) is 0 Å². The van der Waals surface area contributed by atoms with Gasteiger partial charge in [0.2, 0.25) is 5.91 Å². The molecule has 1 amide bonds. The molecule has 0 spiro atoms. The Balaban J connectivity index is 2.06. The number of carbonyl (C=O) groups is 2. The van der Waals surface area contributed by atoms with Crippen LogP contribution in [0, 0.1) is 0 Å². The Kier molecular flexibility index (Phi) is 49.7. The number of hydrogen-bond acceptors (Lipinski definition) is 10. The first-order valence-corrected chi connectivity index (χ1v) is 30.7. The summed E-state index contributed by atoms with van der Waals surface area (Å²) in [4.78, 5) is 25.0. The van der Waals surface area contributed by atoms with E-state index >= 15 is 0 Å². The van der Waals surface area contributed by atoms with Crippen LogP contribution in [0.25, 0.3) is 0 Å². The normalized spacial score (nSPS) is 19.3. The molecule has 6 N–H and O–H groups in total. The van der Waals surface area contributed by atoms with Crippen molar-refractivity contribution in [3.63, 3.8) is 0 Å². The number of carbonyl (C=O) groups excluding carboxylic acids is 2. The standard InChI is InChI=1S/C64H113NO10/c1-3-5-7-9-11-13-30-34-38-42-46-50-57(67)56(55-74-64-63(72)62(71)61(70)58(54-66)75-64)65-59(68)51-47-43-39-35-32-28-26-24-22-20-18-16-15-17-19-21-23-25-27-29-33-37-41-45-49-53-73-60(69)52-48-44-40-36-31-14-12-10-8-6-4-2/h7,9-10,12,16-19,30,34,46,50,56-58,61-64,66-67,70-72H,3-6,8,11,13-15,20-29,31-33,35-45,47-49,51-55H2,1-2H3,(H,65,68)/b9-7+,12-10-,18-16-,19-17-,34-30+,50-46+. The van der Waals surface area contributed by atoms with Crippen LogP contribution in [0.2, 0.25) is 0 Å². The highest BCUT2D eigenvalue weighted by molar-refractivity contribution is 5.76.